The number of nitriles is 1. The fraction of sp³-hybridized carbons (Fsp3) is 0.222. The lowest BCUT2D eigenvalue weighted by molar-refractivity contribution is 0.409. The normalized spacial score (nSPS) is 12.3. The van der Waals surface area contributed by atoms with Crippen molar-refractivity contribution in [3.05, 3.63) is 36.3 Å². The molecule has 0 saturated carbocycles. The molecule has 15 heavy (non-hydrogen) atoms. The Bertz CT molecular complexity index is 467. The lowest BCUT2D eigenvalue weighted by atomic mass is 10.2. The molecule has 2 aromatic heterocycles. The van der Waals surface area contributed by atoms with Crippen LogP contribution in [0.4, 0.5) is 0 Å². The molecule has 0 aliphatic heterocycles. The standard InChI is InChI=1S/C9H9N5O/c10-4-7(8-2-1-3-15-8)14-6-12-9(5-11)13-14/h1-3,6-7H,4,10H2. The average molecular weight is 203 g/mol. The lowest BCUT2D eigenvalue weighted by Crippen LogP contribution is -2.20. The van der Waals surface area contributed by atoms with Crippen LogP contribution in [0.5, 0.6) is 0 Å². The van der Waals surface area contributed by atoms with E-state index < -0.39 is 0 Å². The molecule has 6 nitrogen and oxygen atoms in total. The summed E-state index contributed by atoms with van der Waals surface area (Å²) in [6.07, 6.45) is 3.04. The van der Waals surface area contributed by atoms with Gasteiger partial charge in [-0.3, -0.25) is 0 Å². The summed E-state index contributed by atoms with van der Waals surface area (Å²) in [7, 11) is 0. The molecule has 0 aromatic carbocycles. The third-order valence-electron chi connectivity index (χ3n) is 2.02. The maximum Gasteiger partial charge on any atom is 0.252 e. The highest BCUT2D eigenvalue weighted by Gasteiger charge is 2.16. The molecule has 0 radical (unpaired) electrons. The highest BCUT2D eigenvalue weighted by molar-refractivity contribution is 5.09. The molecule has 0 saturated heterocycles. The van der Waals surface area contributed by atoms with Crippen LogP contribution in [0.25, 0.3) is 0 Å². The maximum atomic E-state index is 8.59. The van der Waals surface area contributed by atoms with E-state index in [9.17, 15) is 0 Å². The number of nitrogens with zero attached hydrogens (tertiary/aromatic N) is 4. The molecule has 2 N–H and O–H groups in total. The van der Waals surface area contributed by atoms with Crippen LogP contribution in [0, 0.1) is 11.3 Å². The van der Waals surface area contributed by atoms with E-state index in [4.69, 9.17) is 15.4 Å². The first-order chi connectivity index (χ1) is 7.35. The average Bonchev–Trinajstić information content (AvgIpc) is 2.89. The summed E-state index contributed by atoms with van der Waals surface area (Å²) in [4.78, 5) is 3.81. The van der Waals surface area contributed by atoms with Gasteiger partial charge in [-0.25, -0.2) is 9.67 Å². The third kappa shape index (κ3) is 1.73. The molecule has 0 aliphatic rings. The van der Waals surface area contributed by atoms with E-state index in [1.807, 2.05) is 12.1 Å². The number of hydrogen-bond acceptors (Lipinski definition) is 5. The summed E-state index contributed by atoms with van der Waals surface area (Å²) in [5, 5.41) is 12.6. The first kappa shape index (κ1) is 9.43. The van der Waals surface area contributed by atoms with Crippen LogP contribution in [0.3, 0.4) is 0 Å². The van der Waals surface area contributed by atoms with Crippen molar-refractivity contribution in [3.8, 4) is 6.07 Å². The van der Waals surface area contributed by atoms with Crippen molar-refractivity contribution in [1.29, 1.82) is 5.26 Å². The first-order valence-corrected chi connectivity index (χ1v) is 4.40. The van der Waals surface area contributed by atoms with Crippen LogP contribution in [0.2, 0.25) is 0 Å². The molecule has 0 bridgehead atoms. The Morgan fingerprint density at radius 2 is 2.53 bits per heavy atom. The number of rotatable bonds is 3. The van der Waals surface area contributed by atoms with E-state index in [1.54, 1.807) is 12.3 Å². The van der Waals surface area contributed by atoms with Crippen molar-refractivity contribution in [2.75, 3.05) is 6.54 Å². The Labute approximate surface area is 85.9 Å². The summed E-state index contributed by atoms with van der Waals surface area (Å²) in [5.74, 6) is 0.826. The predicted octanol–water partition coefficient (Wildman–Crippen LogP) is 0.291. The monoisotopic (exact) mass is 203 g/mol. The van der Waals surface area contributed by atoms with Crippen molar-refractivity contribution in [1.82, 2.24) is 14.8 Å². The van der Waals surface area contributed by atoms with Crippen LogP contribution in [0.15, 0.2) is 29.1 Å². The van der Waals surface area contributed by atoms with Crippen LogP contribution in [0.1, 0.15) is 17.6 Å². The summed E-state index contributed by atoms with van der Waals surface area (Å²) < 4.78 is 6.76. The van der Waals surface area contributed by atoms with Gasteiger partial charge in [-0.15, -0.1) is 5.10 Å². The van der Waals surface area contributed by atoms with Crippen LogP contribution in [-0.2, 0) is 0 Å². The highest BCUT2D eigenvalue weighted by atomic mass is 16.3. The van der Waals surface area contributed by atoms with Gasteiger partial charge < -0.3 is 10.2 Å². The van der Waals surface area contributed by atoms with E-state index in [1.165, 1.54) is 11.0 Å². The van der Waals surface area contributed by atoms with Crippen LogP contribution < -0.4 is 5.73 Å². The Morgan fingerprint density at radius 1 is 1.67 bits per heavy atom. The number of furan rings is 1. The van der Waals surface area contributed by atoms with E-state index in [2.05, 4.69) is 10.1 Å². The van der Waals surface area contributed by atoms with Gasteiger partial charge in [0.2, 0.25) is 0 Å². The summed E-state index contributed by atoms with van der Waals surface area (Å²) in [6, 6.07) is 5.23. The van der Waals surface area contributed by atoms with E-state index in [0.29, 0.717) is 12.3 Å². The van der Waals surface area contributed by atoms with Gasteiger partial charge in [0.25, 0.3) is 5.82 Å². The Morgan fingerprint density at radius 3 is 3.07 bits per heavy atom. The molecule has 0 fully saturated rings. The Kier molecular flexibility index (Phi) is 2.48. The molecule has 1 unspecified atom stereocenters. The Balaban J connectivity index is 2.32. The highest BCUT2D eigenvalue weighted by Crippen LogP contribution is 2.16. The maximum absolute atomic E-state index is 8.59. The van der Waals surface area contributed by atoms with Gasteiger partial charge in [-0.2, -0.15) is 5.26 Å². The number of nitrogens with two attached hydrogens (primary N) is 1. The molecular formula is C9H9N5O. The zero-order valence-electron chi connectivity index (χ0n) is 7.87. The SMILES string of the molecule is N#Cc1ncn(C(CN)c2ccco2)n1. The molecule has 0 spiro atoms. The van der Waals surface area contributed by atoms with Gasteiger partial charge in [0.15, 0.2) is 0 Å². The van der Waals surface area contributed by atoms with Crippen molar-refractivity contribution in [2.24, 2.45) is 5.73 Å². The van der Waals surface area contributed by atoms with Crippen molar-refractivity contribution in [3.63, 3.8) is 0 Å². The zero-order chi connectivity index (χ0) is 10.7. The zero-order valence-corrected chi connectivity index (χ0v) is 7.87. The molecular weight excluding hydrogens is 194 g/mol. The van der Waals surface area contributed by atoms with Crippen molar-refractivity contribution < 1.29 is 4.42 Å². The van der Waals surface area contributed by atoms with E-state index in [0.717, 1.165) is 0 Å². The molecule has 2 aromatic rings. The molecule has 2 rings (SSSR count). The fourth-order valence-corrected chi connectivity index (χ4v) is 1.31. The molecule has 6 heteroatoms. The minimum absolute atomic E-state index is 0.125. The lowest BCUT2D eigenvalue weighted by Gasteiger charge is -2.10. The van der Waals surface area contributed by atoms with Crippen LogP contribution in [-0.4, -0.2) is 21.3 Å². The van der Waals surface area contributed by atoms with Crippen LogP contribution >= 0.6 is 0 Å². The molecule has 76 valence electrons. The molecule has 0 aliphatic carbocycles. The van der Waals surface area contributed by atoms with Gasteiger partial charge >= 0.3 is 0 Å². The van der Waals surface area contributed by atoms with Gasteiger partial charge in [0, 0.05) is 6.54 Å². The number of hydrogen-bond donors (Lipinski definition) is 1. The van der Waals surface area contributed by atoms with Crippen molar-refractivity contribution >= 4 is 0 Å². The van der Waals surface area contributed by atoms with Gasteiger partial charge in [0.1, 0.15) is 24.2 Å². The second-order valence-corrected chi connectivity index (χ2v) is 2.93. The molecule has 1 atom stereocenters. The van der Waals surface area contributed by atoms with Gasteiger partial charge in [-0.05, 0) is 12.1 Å². The summed E-state index contributed by atoms with van der Waals surface area (Å²) in [6.45, 7) is 0.335. The molecule has 0 amide bonds. The molecule has 2 heterocycles. The smallest absolute Gasteiger partial charge is 0.252 e. The third-order valence-corrected chi connectivity index (χ3v) is 2.02. The summed E-state index contributed by atoms with van der Waals surface area (Å²) >= 11 is 0. The van der Waals surface area contributed by atoms with E-state index in [-0.39, 0.29) is 11.9 Å². The second kappa shape index (κ2) is 3.94. The van der Waals surface area contributed by atoms with Gasteiger partial charge in [0.05, 0.1) is 6.26 Å². The van der Waals surface area contributed by atoms with Crippen molar-refractivity contribution in [2.45, 2.75) is 6.04 Å². The minimum atomic E-state index is -0.213. The van der Waals surface area contributed by atoms with Gasteiger partial charge in [-0.1, -0.05) is 0 Å². The quantitative estimate of drug-likeness (QED) is 0.773. The number of aromatic nitrogens is 3. The predicted molar refractivity (Wildman–Crippen MR) is 50.6 cm³/mol. The fourth-order valence-electron chi connectivity index (χ4n) is 1.31. The topological polar surface area (TPSA) is 93.7 Å². The van der Waals surface area contributed by atoms with E-state index >= 15 is 0 Å². The second-order valence-electron chi connectivity index (χ2n) is 2.93. The minimum Gasteiger partial charge on any atom is -0.467 e. The largest absolute Gasteiger partial charge is 0.467 e. The Hall–Kier alpha value is -2.13. The first-order valence-electron chi connectivity index (χ1n) is 4.40. The summed E-state index contributed by atoms with van der Waals surface area (Å²) in [5.41, 5.74) is 5.62.